The van der Waals surface area contributed by atoms with Gasteiger partial charge in [0.2, 0.25) is 11.8 Å². The van der Waals surface area contributed by atoms with Gasteiger partial charge >= 0.3 is 0 Å². The maximum Gasteiger partial charge on any atom is 0.247 e. The monoisotopic (exact) mass is 494 g/mol. The van der Waals surface area contributed by atoms with Crippen LogP contribution in [-0.4, -0.2) is 36.1 Å². The first-order valence-electron chi connectivity index (χ1n) is 11.9. The number of benzene rings is 2. The summed E-state index contributed by atoms with van der Waals surface area (Å²) in [7, 11) is 0. The zero-order valence-electron chi connectivity index (χ0n) is 19.8. The number of phenols is 1. The molecule has 35 heavy (non-hydrogen) atoms. The van der Waals surface area contributed by atoms with Crippen molar-refractivity contribution in [1.82, 2.24) is 10.6 Å². The Hall–Kier alpha value is -3.20. The van der Waals surface area contributed by atoms with Gasteiger partial charge in [-0.1, -0.05) is 42.5 Å². The number of rotatable bonds is 13. The zero-order valence-corrected chi connectivity index (χ0v) is 20.6. The molecule has 0 aliphatic rings. The lowest BCUT2D eigenvalue weighted by atomic mass is 10.0. The van der Waals surface area contributed by atoms with Crippen molar-refractivity contribution in [3.8, 4) is 5.75 Å². The number of aryl methyl sites for hydroxylation is 1. The Balaban J connectivity index is 1.57. The number of thiophene rings is 1. The summed E-state index contributed by atoms with van der Waals surface area (Å²) in [6.07, 6.45) is 4.15. The maximum absolute atomic E-state index is 13.1. The van der Waals surface area contributed by atoms with E-state index in [1.807, 2.05) is 30.3 Å². The molecule has 2 aromatic carbocycles. The fraction of sp³-hybridized carbons (Fsp3) is 0.333. The van der Waals surface area contributed by atoms with Gasteiger partial charge in [-0.25, -0.2) is 0 Å². The van der Waals surface area contributed by atoms with Gasteiger partial charge in [-0.3, -0.25) is 9.59 Å². The number of nitrogens with two attached hydrogens (primary N) is 2. The fourth-order valence-electron chi connectivity index (χ4n) is 3.72. The summed E-state index contributed by atoms with van der Waals surface area (Å²) in [6.45, 7) is 1.19. The zero-order chi connectivity index (χ0) is 25.0. The Kier molecular flexibility index (Phi) is 10.3. The van der Waals surface area contributed by atoms with Crippen LogP contribution in [0.5, 0.6) is 5.75 Å². The van der Waals surface area contributed by atoms with E-state index >= 15 is 0 Å². The highest BCUT2D eigenvalue weighted by Gasteiger charge is 2.25. The second-order valence-electron chi connectivity index (χ2n) is 8.48. The van der Waals surface area contributed by atoms with Crippen LogP contribution in [0.4, 0.5) is 0 Å². The predicted molar refractivity (Wildman–Crippen MR) is 140 cm³/mol. The molecule has 0 bridgehead atoms. The minimum absolute atomic E-state index is 0.151. The number of unbranched alkanes of at least 4 members (excludes halogenated alkanes) is 1. The molecule has 2 amide bonds. The lowest BCUT2D eigenvalue weighted by Crippen LogP contribution is -2.47. The number of hydrogen-bond donors (Lipinski definition) is 5. The molecule has 0 unspecified atom stereocenters. The van der Waals surface area contributed by atoms with Gasteiger partial charge in [0, 0.05) is 16.3 Å². The third-order valence-corrected chi connectivity index (χ3v) is 6.88. The van der Waals surface area contributed by atoms with Gasteiger partial charge in [-0.05, 0) is 74.0 Å². The highest BCUT2D eigenvalue weighted by Crippen LogP contribution is 2.19. The molecular weight excluding hydrogens is 460 g/mol. The molecule has 0 saturated heterocycles. The van der Waals surface area contributed by atoms with Crippen molar-refractivity contribution in [2.45, 2.75) is 44.2 Å². The fourth-order valence-corrected chi connectivity index (χ4v) is 4.78. The SMILES string of the molecule is NCCCCc1ccc(CCNC(=O)[C@H](NC(=O)[C@@H](N)Cc2ccc(O)cc2)c2ccccc2)s1. The van der Waals surface area contributed by atoms with E-state index in [2.05, 4.69) is 22.8 Å². The number of aromatic hydroxyl groups is 1. The van der Waals surface area contributed by atoms with Gasteiger partial charge in [0.1, 0.15) is 11.8 Å². The average molecular weight is 495 g/mol. The first-order valence-corrected chi connectivity index (χ1v) is 12.7. The van der Waals surface area contributed by atoms with E-state index in [-0.39, 0.29) is 11.7 Å². The Morgan fingerprint density at radius 3 is 2.26 bits per heavy atom. The summed E-state index contributed by atoms with van der Waals surface area (Å²) in [5.41, 5.74) is 13.2. The molecule has 1 aromatic heterocycles. The van der Waals surface area contributed by atoms with Crippen molar-refractivity contribution in [3.05, 3.63) is 87.6 Å². The Morgan fingerprint density at radius 1 is 0.886 bits per heavy atom. The van der Waals surface area contributed by atoms with Crippen LogP contribution in [0.3, 0.4) is 0 Å². The minimum Gasteiger partial charge on any atom is -0.508 e. The van der Waals surface area contributed by atoms with Gasteiger partial charge in [0.25, 0.3) is 0 Å². The first kappa shape index (κ1) is 26.4. The molecular formula is C27H34N4O3S. The van der Waals surface area contributed by atoms with Crippen LogP contribution in [0, 0.1) is 0 Å². The quantitative estimate of drug-likeness (QED) is 0.233. The smallest absolute Gasteiger partial charge is 0.247 e. The Labute approximate surface area is 210 Å². The highest BCUT2D eigenvalue weighted by molar-refractivity contribution is 7.12. The number of carbonyl (C=O) groups is 2. The minimum atomic E-state index is -0.843. The number of hydrogen-bond acceptors (Lipinski definition) is 6. The van der Waals surface area contributed by atoms with E-state index in [0.717, 1.165) is 31.2 Å². The van der Waals surface area contributed by atoms with Crippen LogP contribution < -0.4 is 22.1 Å². The molecule has 186 valence electrons. The van der Waals surface area contributed by atoms with Crippen LogP contribution in [0.25, 0.3) is 0 Å². The van der Waals surface area contributed by atoms with Crippen LogP contribution in [0.2, 0.25) is 0 Å². The number of phenolic OH excluding ortho intramolecular Hbond substituents is 1. The van der Waals surface area contributed by atoms with Crippen molar-refractivity contribution in [1.29, 1.82) is 0 Å². The maximum atomic E-state index is 13.1. The van der Waals surface area contributed by atoms with E-state index in [9.17, 15) is 14.7 Å². The van der Waals surface area contributed by atoms with Crippen molar-refractivity contribution < 1.29 is 14.7 Å². The third-order valence-electron chi connectivity index (χ3n) is 5.68. The standard InChI is InChI=1S/C27H34N4O3S/c28-16-5-4-8-22-13-14-23(35-22)15-17-30-27(34)25(20-6-2-1-3-7-20)31-26(33)24(29)18-19-9-11-21(32)12-10-19/h1-3,6-7,9-14,24-25,32H,4-5,8,15-18,28-29H2,(H,30,34)(H,31,33)/t24-,25+/m0/s1. The second kappa shape index (κ2) is 13.6. The van der Waals surface area contributed by atoms with Gasteiger partial charge < -0.3 is 27.2 Å². The largest absolute Gasteiger partial charge is 0.508 e. The summed E-state index contributed by atoms with van der Waals surface area (Å²) in [4.78, 5) is 28.4. The molecule has 2 atom stereocenters. The first-order chi connectivity index (χ1) is 17.0. The molecule has 0 aliphatic carbocycles. The van der Waals surface area contributed by atoms with Crippen molar-refractivity contribution in [2.75, 3.05) is 13.1 Å². The van der Waals surface area contributed by atoms with Crippen molar-refractivity contribution >= 4 is 23.2 Å². The van der Waals surface area contributed by atoms with Gasteiger partial charge in [-0.15, -0.1) is 11.3 Å². The third kappa shape index (κ3) is 8.51. The number of carbonyl (C=O) groups excluding carboxylic acids is 2. The summed E-state index contributed by atoms with van der Waals surface area (Å²) in [6, 6.07) is 18.3. The van der Waals surface area contributed by atoms with Crippen LogP contribution in [0.1, 0.15) is 39.8 Å². The number of nitrogens with one attached hydrogen (secondary N) is 2. The van der Waals surface area contributed by atoms with E-state index in [0.29, 0.717) is 25.1 Å². The van der Waals surface area contributed by atoms with Crippen molar-refractivity contribution in [2.24, 2.45) is 11.5 Å². The topological polar surface area (TPSA) is 130 Å². The molecule has 0 spiro atoms. The second-order valence-corrected chi connectivity index (χ2v) is 9.74. The molecule has 3 rings (SSSR count). The van der Waals surface area contributed by atoms with Gasteiger partial charge in [0.05, 0.1) is 6.04 Å². The average Bonchev–Trinajstić information content (AvgIpc) is 3.32. The van der Waals surface area contributed by atoms with Crippen LogP contribution >= 0.6 is 11.3 Å². The summed E-state index contributed by atoms with van der Waals surface area (Å²) < 4.78 is 0. The lowest BCUT2D eigenvalue weighted by molar-refractivity contribution is -0.129. The van der Waals surface area contributed by atoms with E-state index in [4.69, 9.17) is 11.5 Å². The molecule has 1 heterocycles. The highest BCUT2D eigenvalue weighted by atomic mass is 32.1. The summed E-state index contributed by atoms with van der Waals surface area (Å²) in [5.74, 6) is -0.540. The molecule has 7 nitrogen and oxygen atoms in total. The molecule has 8 heteroatoms. The molecule has 0 saturated carbocycles. The van der Waals surface area contributed by atoms with E-state index in [1.54, 1.807) is 35.6 Å². The molecule has 7 N–H and O–H groups in total. The normalized spacial score (nSPS) is 12.6. The molecule has 3 aromatic rings. The van der Waals surface area contributed by atoms with E-state index < -0.39 is 18.0 Å². The Bertz CT molecular complexity index is 1070. The number of amides is 2. The van der Waals surface area contributed by atoms with E-state index in [1.165, 1.54) is 9.75 Å². The molecule has 0 aliphatic heterocycles. The van der Waals surface area contributed by atoms with Gasteiger partial charge in [-0.2, -0.15) is 0 Å². The van der Waals surface area contributed by atoms with Crippen LogP contribution in [-0.2, 0) is 28.9 Å². The van der Waals surface area contributed by atoms with Crippen molar-refractivity contribution in [3.63, 3.8) is 0 Å². The Morgan fingerprint density at radius 2 is 1.57 bits per heavy atom. The molecule has 0 fully saturated rings. The summed E-state index contributed by atoms with van der Waals surface area (Å²) >= 11 is 1.76. The summed E-state index contributed by atoms with van der Waals surface area (Å²) in [5, 5.41) is 15.2. The lowest BCUT2D eigenvalue weighted by Gasteiger charge is -2.21. The van der Waals surface area contributed by atoms with Crippen LogP contribution in [0.15, 0.2) is 66.7 Å². The van der Waals surface area contributed by atoms with Gasteiger partial charge in [0.15, 0.2) is 0 Å². The molecule has 0 radical (unpaired) electrons. The predicted octanol–water partition coefficient (Wildman–Crippen LogP) is 2.82.